The first-order chi connectivity index (χ1) is 8.10. The van der Waals surface area contributed by atoms with Crippen molar-refractivity contribution in [3.63, 3.8) is 0 Å². The molecule has 0 spiro atoms. The van der Waals surface area contributed by atoms with Gasteiger partial charge in [0.25, 0.3) is 0 Å². The number of benzene rings is 1. The van der Waals surface area contributed by atoms with Crippen LogP contribution in [0.15, 0.2) is 18.2 Å². The summed E-state index contributed by atoms with van der Waals surface area (Å²) >= 11 is 12.0. The zero-order valence-corrected chi connectivity index (χ0v) is 11.2. The van der Waals surface area contributed by atoms with Gasteiger partial charge in [-0.05, 0) is 37.0 Å². The number of hydrogen-bond acceptors (Lipinski definition) is 1. The monoisotopic (exact) mass is 271 g/mol. The van der Waals surface area contributed by atoms with E-state index < -0.39 is 5.41 Å². The van der Waals surface area contributed by atoms with Gasteiger partial charge in [0.1, 0.15) is 0 Å². The van der Waals surface area contributed by atoms with Gasteiger partial charge in [-0.15, -0.1) is 0 Å². The van der Waals surface area contributed by atoms with Crippen molar-refractivity contribution >= 4 is 29.1 Å². The number of carbonyl (C=O) groups excluding carboxylic acids is 1. The van der Waals surface area contributed by atoms with Crippen LogP contribution in [0.2, 0.25) is 10.0 Å². The summed E-state index contributed by atoms with van der Waals surface area (Å²) in [7, 11) is 0. The third-order valence-corrected chi connectivity index (χ3v) is 3.71. The molecule has 0 bridgehead atoms. The molecule has 2 nitrogen and oxygen atoms in total. The molecule has 0 radical (unpaired) electrons. The Hall–Kier alpha value is -0.730. The Kier molecular flexibility index (Phi) is 3.64. The van der Waals surface area contributed by atoms with Crippen molar-refractivity contribution in [3.05, 3.63) is 33.8 Å². The maximum absolute atomic E-state index is 12.1. The molecule has 1 amide bonds. The van der Waals surface area contributed by atoms with Crippen molar-refractivity contribution in [1.29, 1.82) is 0 Å². The van der Waals surface area contributed by atoms with Gasteiger partial charge in [-0.3, -0.25) is 4.79 Å². The molecular weight excluding hydrogens is 257 g/mol. The lowest BCUT2D eigenvalue weighted by Gasteiger charge is -2.17. The number of carbonyl (C=O) groups is 1. The lowest BCUT2D eigenvalue weighted by Crippen LogP contribution is -2.35. The van der Waals surface area contributed by atoms with E-state index in [0.29, 0.717) is 16.6 Å². The van der Waals surface area contributed by atoms with Gasteiger partial charge in [-0.2, -0.15) is 0 Å². The molecule has 1 aromatic rings. The molecule has 17 heavy (non-hydrogen) atoms. The fourth-order valence-corrected chi connectivity index (χ4v) is 2.62. The highest BCUT2D eigenvalue weighted by atomic mass is 35.5. The summed E-state index contributed by atoms with van der Waals surface area (Å²) in [5, 5.41) is 4.13. The van der Waals surface area contributed by atoms with Gasteiger partial charge in [0.2, 0.25) is 5.91 Å². The average molecular weight is 272 g/mol. The van der Waals surface area contributed by atoms with Gasteiger partial charge >= 0.3 is 0 Å². The van der Waals surface area contributed by atoms with E-state index in [9.17, 15) is 4.79 Å². The molecule has 0 aliphatic heterocycles. The van der Waals surface area contributed by atoms with E-state index >= 15 is 0 Å². The van der Waals surface area contributed by atoms with Crippen LogP contribution >= 0.6 is 23.2 Å². The van der Waals surface area contributed by atoms with Crippen LogP contribution < -0.4 is 5.32 Å². The largest absolute Gasteiger partial charge is 0.355 e. The molecule has 0 aromatic heterocycles. The second kappa shape index (κ2) is 4.87. The fraction of sp³-hybridized carbons (Fsp3) is 0.462. The van der Waals surface area contributed by atoms with Gasteiger partial charge < -0.3 is 5.32 Å². The lowest BCUT2D eigenvalue weighted by molar-refractivity contribution is -0.123. The predicted octanol–water partition coefficient (Wildman–Crippen LogP) is 3.55. The zero-order valence-electron chi connectivity index (χ0n) is 9.72. The van der Waals surface area contributed by atoms with Crippen LogP contribution in [0.3, 0.4) is 0 Å². The van der Waals surface area contributed by atoms with Crippen molar-refractivity contribution in [2.75, 3.05) is 6.54 Å². The number of rotatable bonds is 4. The van der Waals surface area contributed by atoms with Crippen LogP contribution in [-0.4, -0.2) is 12.5 Å². The molecule has 0 atom stereocenters. The Bertz CT molecular complexity index is 441. The minimum Gasteiger partial charge on any atom is -0.355 e. The molecule has 1 aliphatic rings. The summed E-state index contributed by atoms with van der Waals surface area (Å²) in [6.45, 7) is 2.75. The number of nitrogens with one attached hydrogen (secondary N) is 1. The van der Waals surface area contributed by atoms with Crippen molar-refractivity contribution in [1.82, 2.24) is 5.32 Å². The third kappa shape index (κ3) is 2.43. The molecule has 1 fully saturated rings. The first-order valence-corrected chi connectivity index (χ1v) is 6.59. The predicted molar refractivity (Wildman–Crippen MR) is 70.7 cm³/mol. The first kappa shape index (κ1) is 12.7. The molecule has 0 unspecified atom stereocenters. The second-order valence-corrected chi connectivity index (χ2v) is 5.31. The van der Waals surface area contributed by atoms with Crippen molar-refractivity contribution < 1.29 is 4.79 Å². The van der Waals surface area contributed by atoms with Crippen molar-refractivity contribution in [2.24, 2.45) is 0 Å². The quantitative estimate of drug-likeness (QED) is 0.892. The minimum atomic E-state index is -0.406. The first-order valence-electron chi connectivity index (χ1n) is 5.84. The van der Waals surface area contributed by atoms with Gasteiger partial charge in [-0.1, -0.05) is 36.2 Å². The SMILES string of the molecule is CCCNC(=O)C1(c2ccc(Cl)cc2Cl)CC1. The third-order valence-electron chi connectivity index (χ3n) is 3.17. The molecule has 1 aliphatic carbocycles. The number of hydrogen-bond donors (Lipinski definition) is 1. The maximum atomic E-state index is 12.1. The van der Waals surface area contributed by atoms with E-state index in [1.807, 2.05) is 13.0 Å². The molecule has 2 rings (SSSR count). The highest BCUT2D eigenvalue weighted by Crippen LogP contribution is 2.51. The summed E-state index contributed by atoms with van der Waals surface area (Å²) in [6, 6.07) is 5.35. The summed E-state index contributed by atoms with van der Waals surface area (Å²) in [4.78, 5) is 12.1. The Morgan fingerprint density at radius 3 is 2.65 bits per heavy atom. The van der Waals surface area contributed by atoms with Gasteiger partial charge in [0.15, 0.2) is 0 Å². The Labute approximate surface area is 111 Å². The highest BCUT2D eigenvalue weighted by molar-refractivity contribution is 6.35. The molecule has 1 aromatic carbocycles. The zero-order chi connectivity index (χ0) is 12.5. The molecule has 4 heteroatoms. The van der Waals surface area contributed by atoms with Crippen LogP contribution in [0.25, 0.3) is 0 Å². The van der Waals surface area contributed by atoms with Crippen LogP contribution in [0, 0.1) is 0 Å². The number of halogens is 2. The summed E-state index contributed by atoms with van der Waals surface area (Å²) in [5.74, 6) is 0.0866. The minimum absolute atomic E-state index is 0.0866. The van der Waals surface area contributed by atoms with E-state index in [1.165, 1.54) is 0 Å². The Morgan fingerprint density at radius 1 is 1.41 bits per heavy atom. The van der Waals surface area contributed by atoms with Crippen molar-refractivity contribution in [3.8, 4) is 0 Å². The topological polar surface area (TPSA) is 29.1 Å². The van der Waals surface area contributed by atoms with E-state index in [-0.39, 0.29) is 5.91 Å². The smallest absolute Gasteiger partial charge is 0.230 e. The van der Waals surface area contributed by atoms with E-state index in [4.69, 9.17) is 23.2 Å². The van der Waals surface area contributed by atoms with Crippen LogP contribution in [0.5, 0.6) is 0 Å². The Balaban J connectivity index is 2.23. The van der Waals surface area contributed by atoms with E-state index in [0.717, 1.165) is 24.8 Å². The van der Waals surface area contributed by atoms with E-state index in [2.05, 4.69) is 5.32 Å². The van der Waals surface area contributed by atoms with E-state index in [1.54, 1.807) is 12.1 Å². The molecule has 0 saturated heterocycles. The van der Waals surface area contributed by atoms with Gasteiger partial charge in [-0.25, -0.2) is 0 Å². The lowest BCUT2D eigenvalue weighted by atomic mass is 9.95. The van der Waals surface area contributed by atoms with Gasteiger partial charge in [0, 0.05) is 16.6 Å². The summed E-state index contributed by atoms with van der Waals surface area (Å²) in [5.41, 5.74) is 0.494. The standard InChI is InChI=1S/C13H15Cl2NO/c1-2-7-16-12(17)13(5-6-13)10-4-3-9(14)8-11(10)15/h3-4,8H,2,5-7H2,1H3,(H,16,17). The molecular formula is C13H15Cl2NO. The second-order valence-electron chi connectivity index (χ2n) is 4.46. The summed E-state index contributed by atoms with van der Waals surface area (Å²) < 4.78 is 0. The number of amides is 1. The molecule has 1 N–H and O–H groups in total. The average Bonchev–Trinajstić information content (AvgIpc) is 3.07. The van der Waals surface area contributed by atoms with Crippen LogP contribution in [0.4, 0.5) is 0 Å². The Morgan fingerprint density at radius 2 is 2.12 bits per heavy atom. The normalized spacial score (nSPS) is 16.6. The maximum Gasteiger partial charge on any atom is 0.230 e. The van der Waals surface area contributed by atoms with Crippen molar-refractivity contribution in [2.45, 2.75) is 31.6 Å². The van der Waals surface area contributed by atoms with Crippen LogP contribution in [0.1, 0.15) is 31.7 Å². The van der Waals surface area contributed by atoms with Crippen LogP contribution in [-0.2, 0) is 10.2 Å². The highest BCUT2D eigenvalue weighted by Gasteiger charge is 2.52. The fourth-order valence-electron chi connectivity index (χ4n) is 2.03. The molecule has 1 saturated carbocycles. The van der Waals surface area contributed by atoms with Gasteiger partial charge in [0.05, 0.1) is 5.41 Å². The summed E-state index contributed by atoms with van der Waals surface area (Å²) in [6.07, 6.45) is 2.67. The molecule has 0 heterocycles. The molecule has 92 valence electrons.